The van der Waals surface area contributed by atoms with Crippen LogP contribution < -0.4 is 10.6 Å². The minimum absolute atomic E-state index is 0.153. The first kappa shape index (κ1) is 17.1. The van der Waals surface area contributed by atoms with E-state index >= 15 is 0 Å². The first-order chi connectivity index (χ1) is 10.8. The Bertz CT molecular complexity index is 358. The third-order valence-corrected chi connectivity index (χ3v) is 4.73. The van der Waals surface area contributed by atoms with E-state index in [1.165, 1.54) is 38.5 Å². The quantitative estimate of drug-likeness (QED) is 0.430. The number of guanidine groups is 1. The molecule has 2 fully saturated rings. The van der Waals surface area contributed by atoms with Crippen molar-refractivity contribution in [3.05, 3.63) is 0 Å². The van der Waals surface area contributed by atoms with Crippen molar-refractivity contribution in [2.45, 2.75) is 58.3 Å². The highest BCUT2D eigenvalue weighted by Crippen LogP contribution is 2.28. The maximum absolute atomic E-state index is 12.0. The molecule has 0 radical (unpaired) electrons. The van der Waals surface area contributed by atoms with Gasteiger partial charge in [-0.2, -0.15) is 0 Å². The number of nitrogens with one attached hydrogen (secondary N) is 2. The van der Waals surface area contributed by atoms with Gasteiger partial charge in [0.15, 0.2) is 5.96 Å². The molecule has 1 saturated carbocycles. The Labute approximate surface area is 134 Å². The van der Waals surface area contributed by atoms with Crippen molar-refractivity contribution < 1.29 is 4.79 Å². The number of aliphatic imine (C=N–C) groups is 1. The number of hydrogen-bond acceptors (Lipinski definition) is 2. The first-order valence-electron chi connectivity index (χ1n) is 9.09. The van der Waals surface area contributed by atoms with Crippen LogP contribution in [0.3, 0.4) is 0 Å². The van der Waals surface area contributed by atoms with Gasteiger partial charge in [-0.3, -0.25) is 4.79 Å². The third-order valence-electron chi connectivity index (χ3n) is 4.73. The van der Waals surface area contributed by atoms with Gasteiger partial charge in [0.2, 0.25) is 5.91 Å². The zero-order valence-corrected chi connectivity index (χ0v) is 14.1. The molecule has 2 rings (SSSR count). The summed E-state index contributed by atoms with van der Waals surface area (Å²) in [6, 6.07) is 0. The molecule has 2 N–H and O–H groups in total. The molecule has 22 heavy (non-hydrogen) atoms. The lowest BCUT2D eigenvalue weighted by atomic mass is 10.0. The molecular formula is C17H32N4O. The highest BCUT2D eigenvalue weighted by atomic mass is 16.2. The first-order valence-corrected chi connectivity index (χ1v) is 9.09. The molecule has 1 heterocycles. The predicted molar refractivity (Wildman–Crippen MR) is 91.0 cm³/mol. The van der Waals surface area contributed by atoms with Crippen molar-refractivity contribution in [3.63, 3.8) is 0 Å². The standard InChI is InChI=1S/C17H32N4O/c1-2-18-17(19-11-7-10-15-8-3-4-9-15)20-14-16(22)21-12-5-6-13-21/h15H,2-14H2,1H3,(H2,18,19,20). The summed E-state index contributed by atoms with van der Waals surface area (Å²) in [5.74, 6) is 1.88. The van der Waals surface area contributed by atoms with E-state index in [1.54, 1.807) is 0 Å². The van der Waals surface area contributed by atoms with Gasteiger partial charge in [-0.25, -0.2) is 4.99 Å². The van der Waals surface area contributed by atoms with E-state index in [2.05, 4.69) is 22.5 Å². The number of amides is 1. The minimum Gasteiger partial charge on any atom is -0.357 e. The van der Waals surface area contributed by atoms with Crippen LogP contribution in [0.25, 0.3) is 0 Å². The molecule has 0 unspecified atom stereocenters. The van der Waals surface area contributed by atoms with Crippen LogP contribution in [0.4, 0.5) is 0 Å². The summed E-state index contributed by atoms with van der Waals surface area (Å²) in [7, 11) is 0. The fourth-order valence-electron chi connectivity index (χ4n) is 3.45. The van der Waals surface area contributed by atoms with E-state index in [0.717, 1.165) is 50.9 Å². The minimum atomic E-state index is 0.153. The molecule has 1 amide bonds. The Morgan fingerprint density at radius 2 is 1.86 bits per heavy atom. The normalized spacial score (nSPS) is 19.7. The lowest BCUT2D eigenvalue weighted by Gasteiger charge is -2.15. The Balaban J connectivity index is 1.66. The summed E-state index contributed by atoms with van der Waals surface area (Å²) < 4.78 is 0. The van der Waals surface area contributed by atoms with Crippen LogP contribution in [0.1, 0.15) is 58.3 Å². The van der Waals surface area contributed by atoms with Gasteiger partial charge < -0.3 is 15.5 Å². The topological polar surface area (TPSA) is 56.7 Å². The zero-order chi connectivity index (χ0) is 15.6. The third kappa shape index (κ3) is 5.85. The van der Waals surface area contributed by atoms with Gasteiger partial charge in [0, 0.05) is 26.2 Å². The van der Waals surface area contributed by atoms with E-state index < -0.39 is 0 Å². The van der Waals surface area contributed by atoms with Gasteiger partial charge in [0.05, 0.1) is 0 Å². The van der Waals surface area contributed by atoms with E-state index in [0.29, 0.717) is 0 Å². The molecule has 0 spiro atoms. The SMILES string of the molecule is CCNC(=NCC(=O)N1CCCC1)NCCCC1CCCC1. The van der Waals surface area contributed by atoms with Crippen molar-refractivity contribution in [2.24, 2.45) is 10.9 Å². The van der Waals surface area contributed by atoms with Crippen LogP contribution in [0.15, 0.2) is 4.99 Å². The number of hydrogen-bond donors (Lipinski definition) is 2. The molecule has 126 valence electrons. The highest BCUT2D eigenvalue weighted by Gasteiger charge is 2.17. The molecule has 5 heteroatoms. The fourth-order valence-corrected chi connectivity index (χ4v) is 3.45. The van der Waals surface area contributed by atoms with Crippen molar-refractivity contribution >= 4 is 11.9 Å². The van der Waals surface area contributed by atoms with Crippen LogP contribution in [0.2, 0.25) is 0 Å². The predicted octanol–water partition coefficient (Wildman–Crippen LogP) is 2.13. The van der Waals surface area contributed by atoms with Gasteiger partial charge in [-0.05, 0) is 38.5 Å². The number of rotatable bonds is 7. The van der Waals surface area contributed by atoms with E-state index in [9.17, 15) is 4.79 Å². The van der Waals surface area contributed by atoms with Crippen LogP contribution >= 0.6 is 0 Å². The average molecular weight is 308 g/mol. The molecule has 5 nitrogen and oxygen atoms in total. The summed E-state index contributed by atoms with van der Waals surface area (Å²) in [5, 5.41) is 6.58. The van der Waals surface area contributed by atoms with Gasteiger partial charge in [0.25, 0.3) is 0 Å². The molecule has 1 aliphatic carbocycles. The van der Waals surface area contributed by atoms with Crippen molar-refractivity contribution in [2.75, 3.05) is 32.7 Å². The molecule has 0 bridgehead atoms. The molecule has 1 aliphatic heterocycles. The van der Waals surface area contributed by atoms with Crippen molar-refractivity contribution in [1.82, 2.24) is 15.5 Å². The van der Waals surface area contributed by atoms with Crippen LogP contribution in [-0.2, 0) is 4.79 Å². The summed E-state index contributed by atoms with van der Waals surface area (Å²) in [5.41, 5.74) is 0. The molecule has 0 atom stereocenters. The van der Waals surface area contributed by atoms with E-state index in [-0.39, 0.29) is 12.5 Å². The second-order valence-electron chi connectivity index (χ2n) is 6.50. The lowest BCUT2D eigenvalue weighted by Crippen LogP contribution is -2.39. The van der Waals surface area contributed by atoms with Gasteiger partial charge in [-0.1, -0.05) is 25.7 Å². The Morgan fingerprint density at radius 1 is 1.14 bits per heavy atom. The molecule has 0 aromatic carbocycles. The van der Waals surface area contributed by atoms with E-state index in [1.807, 2.05) is 4.90 Å². The average Bonchev–Trinajstić information content (AvgIpc) is 3.21. The number of carbonyl (C=O) groups is 1. The van der Waals surface area contributed by atoms with E-state index in [4.69, 9.17) is 0 Å². The summed E-state index contributed by atoms with van der Waals surface area (Å²) in [6.07, 6.45) is 10.4. The molecule has 0 aromatic rings. The maximum Gasteiger partial charge on any atom is 0.244 e. The number of likely N-dealkylation sites (tertiary alicyclic amines) is 1. The number of carbonyl (C=O) groups excluding carboxylic acids is 1. The van der Waals surface area contributed by atoms with Crippen molar-refractivity contribution in [1.29, 1.82) is 0 Å². The molecular weight excluding hydrogens is 276 g/mol. The Kier molecular flexibility index (Phi) is 7.54. The Morgan fingerprint density at radius 3 is 2.55 bits per heavy atom. The monoisotopic (exact) mass is 308 g/mol. The maximum atomic E-state index is 12.0. The second kappa shape index (κ2) is 9.70. The van der Waals surface area contributed by atoms with Crippen molar-refractivity contribution in [3.8, 4) is 0 Å². The summed E-state index contributed by atoms with van der Waals surface area (Å²) >= 11 is 0. The number of nitrogens with zero attached hydrogens (tertiary/aromatic N) is 2. The summed E-state index contributed by atoms with van der Waals surface area (Å²) in [4.78, 5) is 18.4. The lowest BCUT2D eigenvalue weighted by molar-refractivity contribution is -0.128. The summed E-state index contributed by atoms with van der Waals surface area (Å²) in [6.45, 7) is 5.89. The van der Waals surface area contributed by atoms with Crippen LogP contribution in [-0.4, -0.2) is 49.5 Å². The Hall–Kier alpha value is -1.26. The largest absolute Gasteiger partial charge is 0.357 e. The van der Waals surface area contributed by atoms with Gasteiger partial charge >= 0.3 is 0 Å². The molecule has 0 aromatic heterocycles. The zero-order valence-electron chi connectivity index (χ0n) is 14.1. The molecule has 1 saturated heterocycles. The van der Waals surface area contributed by atoms with Crippen LogP contribution in [0, 0.1) is 5.92 Å². The van der Waals surface area contributed by atoms with Gasteiger partial charge in [-0.15, -0.1) is 0 Å². The molecule has 2 aliphatic rings. The van der Waals surface area contributed by atoms with Crippen LogP contribution in [0.5, 0.6) is 0 Å². The highest BCUT2D eigenvalue weighted by molar-refractivity contribution is 5.85. The smallest absolute Gasteiger partial charge is 0.244 e. The van der Waals surface area contributed by atoms with Gasteiger partial charge in [0.1, 0.15) is 6.54 Å². The fraction of sp³-hybridized carbons (Fsp3) is 0.882. The second-order valence-corrected chi connectivity index (χ2v) is 6.50.